The fourth-order valence-corrected chi connectivity index (χ4v) is 3.21. The van der Waals surface area contributed by atoms with Gasteiger partial charge in [0.15, 0.2) is 18.1 Å². The molecule has 0 radical (unpaired) electrons. The van der Waals surface area contributed by atoms with Crippen molar-refractivity contribution in [3.05, 3.63) is 47.0 Å². The number of hydrogen-bond donors (Lipinski definition) is 1. The highest BCUT2D eigenvalue weighted by atomic mass is 35.5. The molecule has 162 valence electrons. The molecule has 0 aromatic heterocycles. The van der Waals surface area contributed by atoms with Crippen molar-refractivity contribution >= 4 is 40.9 Å². The van der Waals surface area contributed by atoms with Gasteiger partial charge in [-0.3, -0.25) is 4.79 Å². The molecule has 0 heterocycles. The molecule has 0 aliphatic rings. The Kier molecular flexibility index (Phi) is 9.19. The van der Waals surface area contributed by atoms with Crippen molar-refractivity contribution in [2.24, 2.45) is 0 Å². The molecule has 1 N–H and O–H groups in total. The summed E-state index contributed by atoms with van der Waals surface area (Å²) in [5, 5.41) is 2.61. The molecule has 0 saturated carbocycles. The van der Waals surface area contributed by atoms with Crippen LogP contribution in [0.5, 0.6) is 11.5 Å². The van der Waals surface area contributed by atoms with Crippen LogP contribution in [0.2, 0.25) is 5.02 Å². The first-order chi connectivity index (χ1) is 14.3. The van der Waals surface area contributed by atoms with Crippen LogP contribution in [0.1, 0.15) is 23.7 Å². The summed E-state index contributed by atoms with van der Waals surface area (Å²) in [7, 11) is 1.40. The number of carbonyl (C=O) groups excluding carboxylic acids is 2. The highest BCUT2D eigenvalue weighted by molar-refractivity contribution is 7.99. The van der Waals surface area contributed by atoms with Crippen molar-refractivity contribution < 1.29 is 32.6 Å². The quantitative estimate of drug-likeness (QED) is 0.386. The first-order valence-electron chi connectivity index (χ1n) is 8.86. The van der Waals surface area contributed by atoms with Crippen molar-refractivity contribution in [3.63, 3.8) is 0 Å². The van der Waals surface area contributed by atoms with Gasteiger partial charge < -0.3 is 19.5 Å². The maximum absolute atomic E-state index is 12.6. The minimum atomic E-state index is -2.63. The fourth-order valence-electron chi connectivity index (χ4n) is 2.35. The summed E-state index contributed by atoms with van der Waals surface area (Å²) in [6, 6.07) is 8.84. The predicted molar refractivity (Wildman–Crippen MR) is 111 cm³/mol. The van der Waals surface area contributed by atoms with E-state index >= 15 is 0 Å². The lowest BCUT2D eigenvalue weighted by atomic mass is 10.2. The number of hydrogen-bond acceptors (Lipinski definition) is 6. The average molecular weight is 460 g/mol. The summed E-state index contributed by atoms with van der Waals surface area (Å²) < 4.78 is 41.0. The molecule has 0 aliphatic heterocycles. The Morgan fingerprint density at radius 1 is 1.23 bits per heavy atom. The number of nitrogens with one attached hydrogen (secondary N) is 1. The van der Waals surface area contributed by atoms with Crippen molar-refractivity contribution in [2.75, 3.05) is 25.6 Å². The van der Waals surface area contributed by atoms with E-state index in [1.165, 1.54) is 31.4 Å². The Balaban J connectivity index is 2.02. The first kappa shape index (κ1) is 23.8. The van der Waals surface area contributed by atoms with Gasteiger partial charge in [0.1, 0.15) is 0 Å². The standard InChI is InChI=1S/C20H20ClF2NO5S/c1-3-8-28-18-13(21)9-12(10-15(18)27-2)19(26)29-11-17(25)24-14-6-4-5-7-16(14)30-20(22)23/h4-7,9-10,20H,3,8,11H2,1-2H3,(H,24,25). The molecule has 0 saturated heterocycles. The molecular weight excluding hydrogens is 440 g/mol. The highest BCUT2D eigenvalue weighted by Gasteiger charge is 2.18. The molecule has 0 bridgehead atoms. The van der Waals surface area contributed by atoms with E-state index in [9.17, 15) is 18.4 Å². The van der Waals surface area contributed by atoms with Gasteiger partial charge in [0.2, 0.25) is 0 Å². The minimum absolute atomic E-state index is 0.0714. The SMILES string of the molecule is CCCOc1c(Cl)cc(C(=O)OCC(=O)Nc2ccccc2SC(F)F)cc1OC. The second-order valence-corrected chi connectivity index (χ2v) is 7.28. The van der Waals surface area contributed by atoms with E-state index in [4.69, 9.17) is 25.8 Å². The van der Waals surface area contributed by atoms with E-state index in [0.29, 0.717) is 24.1 Å². The molecule has 1 amide bonds. The van der Waals surface area contributed by atoms with Gasteiger partial charge in [0.25, 0.3) is 11.7 Å². The molecule has 0 fully saturated rings. The second-order valence-electron chi connectivity index (χ2n) is 5.84. The van der Waals surface area contributed by atoms with Gasteiger partial charge in [-0.1, -0.05) is 42.4 Å². The van der Waals surface area contributed by atoms with Gasteiger partial charge in [-0.25, -0.2) is 4.79 Å². The summed E-state index contributed by atoms with van der Waals surface area (Å²) in [6.07, 6.45) is 0.761. The van der Waals surface area contributed by atoms with Crippen LogP contribution in [0, 0.1) is 0 Å². The molecule has 2 aromatic rings. The number of alkyl halides is 2. The third-order valence-electron chi connectivity index (χ3n) is 3.63. The number of methoxy groups -OCH3 is 1. The third-order valence-corrected chi connectivity index (χ3v) is 4.70. The number of rotatable bonds is 10. The van der Waals surface area contributed by atoms with Gasteiger partial charge >= 0.3 is 5.97 Å². The summed E-state index contributed by atoms with van der Waals surface area (Å²) >= 11 is 6.47. The van der Waals surface area contributed by atoms with Crippen molar-refractivity contribution in [3.8, 4) is 11.5 Å². The first-order valence-corrected chi connectivity index (χ1v) is 10.1. The summed E-state index contributed by atoms with van der Waals surface area (Å²) in [6.45, 7) is 1.74. The van der Waals surface area contributed by atoms with E-state index in [0.717, 1.165) is 6.42 Å². The number of thioether (sulfide) groups is 1. The zero-order chi connectivity index (χ0) is 22.1. The van der Waals surface area contributed by atoms with Gasteiger partial charge in [-0.2, -0.15) is 8.78 Å². The van der Waals surface area contributed by atoms with Crippen molar-refractivity contribution in [2.45, 2.75) is 24.0 Å². The van der Waals surface area contributed by atoms with Crippen LogP contribution in [0.3, 0.4) is 0 Å². The lowest BCUT2D eigenvalue weighted by Crippen LogP contribution is -2.21. The smallest absolute Gasteiger partial charge is 0.338 e. The number of carbonyl (C=O) groups is 2. The lowest BCUT2D eigenvalue weighted by Gasteiger charge is -2.14. The van der Waals surface area contributed by atoms with Crippen molar-refractivity contribution in [1.82, 2.24) is 0 Å². The lowest BCUT2D eigenvalue weighted by molar-refractivity contribution is -0.119. The topological polar surface area (TPSA) is 73.9 Å². The van der Waals surface area contributed by atoms with E-state index < -0.39 is 24.2 Å². The Bertz CT molecular complexity index is 897. The third kappa shape index (κ3) is 6.77. The molecule has 10 heteroatoms. The number of benzene rings is 2. The van der Waals surface area contributed by atoms with Crippen LogP contribution in [-0.4, -0.2) is 38.0 Å². The highest BCUT2D eigenvalue weighted by Crippen LogP contribution is 2.37. The summed E-state index contributed by atoms with van der Waals surface area (Å²) in [5.74, 6) is -3.55. The molecule has 0 unspecified atom stereocenters. The van der Waals surface area contributed by atoms with Crippen LogP contribution in [-0.2, 0) is 9.53 Å². The summed E-state index contributed by atoms with van der Waals surface area (Å²) in [5.41, 5.74) is 0.271. The van der Waals surface area contributed by atoms with Gasteiger partial charge in [-0.05, 0) is 30.7 Å². The molecule has 6 nitrogen and oxygen atoms in total. The van der Waals surface area contributed by atoms with Crippen molar-refractivity contribution in [1.29, 1.82) is 0 Å². The number of anilines is 1. The predicted octanol–water partition coefficient (Wildman–Crippen LogP) is 5.25. The Hall–Kier alpha value is -2.52. The Morgan fingerprint density at radius 3 is 2.63 bits per heavy atom. The van der Waals surface area contributed by atoms with Crippen LogP contribution >= 0.6 is 23.4 Å². The zero-order valence-electron chi connectivity index (χ0n) is 16.2. The molecular formula is C20H20ClF2NO5S. The molecule has 0 atom stereocenters. The fraction of sp³-hybridized carbons (Fsp3) is 0.300. The van der Waals surface area contributed by atoms with Crippen LogP contribution in [0.25, 0.3) is 0 Å². The van der Waals surface area contributed by atoms with Gasteiger partial charge in [0.05, 0.1) is 30.0 Å². The van der Waals surface area contributed by atoms with E-state index in [-0.39, 0.29) is 26.9 Å². The molecule has 30 heavy (non-hydrogen) atoms. The van der Waals surface area contributed by atoms with Crippen LogP contribution in [0.15, 0.2) is 41.3 Å². The number of ether oxygens (including phenoxy) is 3. The van der Waals surface area contributed by atoms with E-state index in [1.54, 1.807) is 12.1 Å². The van der Waals surface area contributed by atoms with Gasteiger partial charge in [0, 0.05) is 4.90 Å². The number of amides is 1. The average Bonchev–Trinajstić information content (AvgIpc) is 2.71. The molecule has 2 rings (SSSR count). The Morgan fingerprint density at radius 2 is 1.97 bits per heavy atom. The monoisotopic (exact) mass is 459 g/mol. The zero-order valence-corrected chi connectivity index (χ0v) is 17.8. The Labute approximate surface area is 181 Å². The molecule has 2 aromatic carbocycles. The van der Waals surface area contributed by atoms with E-state index in [2.05, 4.69) is 5.32 Å². The van der Waals surface area contributed by atoms with Crippen LogP contribution < -0.4 is 14.8 Å². The summed E-state index contributed by atoms with van der Waals surface area (Å²) in [4.78, 5) is 24.6. The van der Waals surface area contributed by atoms with E-state index in [1.807, 2.05) is 6.92 Å². The number of para-hydroxylation sites is 1. The number of esters is 1. The minimum Gasteiger partial charge on any atom is -0.493 e. The largest absolute Gasteiger partial charge is 0.493 e. The van der Waals surface area contributed by atoms with Gasteiger partial charge in [-0.15, -0.1) is 0 Å². The molecule has 0 spiro atoms. The maximum Gasteiger partial charge on any atom is 0.338 e. The maximum atomic E-state index is 12.6. The second kappa shape index (κ2) is 11.6. The molecule has 0 aliphatic carbocycles. The number of halogens is 3. The van der Waals surface area contributed by atoms with Crippen LogP contribution in [0.4, 0.5) is 14.5 Å². The normalized spacial score (nSPS) is 10.6.